The van der Waals surface area contributed by atoms with E-state index in [1.807, 2.05) is 0 Å². The van der Waals surface area contributed by atoms with Crippen LogP contribution in [0.2, 0.25) is 0 Å². The number of hydrogen-bond acceptors (Lipinski definition) is 6. The van der Waals surface area contributed by atoms with E-state index in [1.54, 1.807) is 21.1 Å². The van der Waals surface area contributed by atoms with E-state index in [-0.39, 0.29) is 10.4 Å². The van der Waals surface area contributed by atoms with Gasteiger partial charge in [0.15, 0.2) is 16.2 Å². The number of carbonyl (C=O) groups is 1. The summed E-state index contributed by atoms with van der Waals surface area (Å²) in [6.07, 6.45) is -1.25. The second-order valence-corrected chi connectivity index (χ2v) is 5.32. The summed E-state index contributed by atoms with van der Waals surface area (Å²) in [5, 5.41) is 17.2. The monoisotopic (exact) mass is 297 g/mol. The number of hydrogen-bond donors (Lipinski definition) is 2. The van der Waals surface area contributed by atoms with Crippen LogP contribution in [0.5, 0.6) is 0 Å². The highest BCUT2D eigenvalue weighted by atomic mass is 32.2. The molecule has 0 aromatic heterocycles. The van der Waals surface area contributed by atoms with Gasteiger partial charge < -0.3 is 14.8 Å². The molecule has 7 nitrogen and oxygen atoms in total. The van der Waals surface area contributed by atoms with Gasteiger partial charge in [0, 0.05) is 0 Å². The Labute approximate surface area is 102 Å². The lowest BCUT2D eigenvalue weighted by Gasteiger charge is -2.22. The lowest BCUT2D eigenvalue weighted by atomic mass is 10.3. The molecule has 0 spiro atoms. The van der Waals surface area contributed by atoms with E-state index in [0.717, 1.165) is 0 Å². The van der Waals surface area contributed by atoms with Crippen molar-refractivity contribution < 1.29 is 45.6 Å². The third-order valence-corrected chi connectivity index (χ3v) is 1.97. The molecule has 18 heavy (non-hydrogen) atoms. The third kappa shape index (κ3) is 7.55. The molecule has 1 amide bonds. The van der Waals surface area contributed by atoms with Crippen molar-refractivity contribution in [2.45, 2.75) is 11.6 Å². The van der Waals surface area contributed by atoms with Crippen LogP contribution in [0.1, 0.15) is 0 Å². The minimum atomic E-state index is -6.09. The van der Waals surface area contributed by atoms with E-state index in [1.165, 1.54) is 0 Å². The molecular weight excluding hydrogens is 283 g/mol. The van der Waals surface area contributed by atoms with E-state index in [4.69, 9.17) is 23.2 Å². The van der Waals surface area contributed by atoms with Gasteiger partial charge in [0.1, 0.15) is 0 Å². The number of aliphatic hydroxyl groups excluding tert-OH is 2. The smallest absolute Gasteiger partial charge is 0.485 e. The molecule has 0 saturated heterocycles. The molecular formula is C7H14F3NO6S. The van der Waals surface area contributed by atoms with Gasteiger partial charge in [-0.15, -0.1) is 0 Å². The first kappa shape index (κ1) is 19.6. The molecule has 0 aromatic carbocycles. The minimum Gasteiger partial charge on any atom is -0.741 e. The van der Waals surface area contributed by atoms with Crippen LogP contribution < -0.4 is 0 Å². The summed E-state index contributed by atoms with van der Waals surface area (Å²) in [4.78, 5) is 11.0. The first-order valence-corrected chi connectivity index (χ1v) is 5.72. The van der Waals surface area contributed by atoms with Gasteiger partial charge in [-0.1, -0.05) is 0 Å². The molecule has 2 N–H and O–H groups in total. The molecule has 0 aromatic rings. The number of likely N-dealkylation sites (N-methyl/N-ethyl adjacent to an activating group) is 1. The number of quaternary nitrogens is 1. The average molecular weight is 297 g/mol. The van der Waals surface area contributed by atoms with Crippen LogP contribution in [0.4, 0.5) is 13.2 Å². The Bertz CT molecular complexity index is 372. The van der Waals surface area contributed by atoms with Crippen molar-refractivity contribution in [2.24, 2.45) is 0 Å². The fourth-order valence-corrected chi connectivity index (χ4v) is 0.525. The summed E-state index contributed by atoms with van der Waals surface area (Å²) in [6.45, 7) is -0.506. The fourth-order valence-electron chi connectivity index (χ4n) is 0.525. The number of halogens is 3. The number of amides is 1. The van der Waals surface area contributed by atoms with Gasteiger partial charge >= 0.3 is 11.4 Å². The van der Waals surface area contributed by atoms with Gasteiger partial charge in [-0.05, 0) is 0 Å². The molecule has 11 heteroatoms. The van der Waals surface area contributed by atoms with Crippen molar-refractivity contribution in [3.8, 4) is 0 Å². The van der Waals surface area contributed by atoms with E-state index in [0.29, 0.717) is 0 Å². The number of carbonyl (C=O) groups excluding carboxylic acids is 1. The second kappa shape index (κ2) is 6.43. The lowest BCUT2D eigenvalue weighted by Crippen LogP contribution is -2.48. The Morgan fingerprint density at radius 3 is 1.67 bits per heavy atom. The summed E-state index contributed by atoms with van der Waals surface area (Å²) in [5.41, 5.74) is -5.65. The van der Waals surface area contributed by atoms with Crippen LogP contribution in [0.3, 0.4) is 0 Å². The van der Waals surface area contributed by atoms with Crippen LogP contribution in [-0.4, -0.2) is 72.9 Å². The summed E-state index contributed by atoms with van der Waals surface area (Å²) < 4.78 is 58.9. The second-order valence-electron chi connectivity index (χ2n) is 3.95. The van der Waals surface area contributed by atoms with Crippen LogP contribution in [0.15, 0.2) is 0 Å². The predicted molar refractivity (Wildman–Crippen MR) is 51.9 cm³/mol. The third-order valence-electron chi connectivity index (χ3n) is 1.40. The van der Waals surface area contributed by atoms with Gasteiger partial charge in [-0.2, -0.15) is 13.2 Å². The molecule has 0 rings (SSSR count). The molecule has 1 unspecified atom stereocenters. The zero-order valence-electron chi connectivity index (χ0n) is 9.80. The number of alkyl halides is 3. The summed E-state index contributed by atoms with van der Waals surface area (Å²) >= 11 is 0. The molecule has 1 atom stereocenters. The molecule has 0 aliphatic carbocycles. The quantitative estimate of drug-likeness (QED) is 0.369. The SMILES string of the molecule is C[N+](C)(C)C(=O)C(O)CO.O=S(=O)([O-])C(F)(F)F. The van der Waals surface area contributed by atoms with Crippen LogP contribution >= 0.6 is 0 Å². The Kier molecular flexibility index (Phi) is 6.99. The zero-order chi connectivity index (χ0) is 15.4. The summed E-state index contributed by atoms with van der Waals surface area (Å²) in [5.74, 6) is -0.387. The topological polar surface area (TPSA) is 115 Å². The maximum absolute atomic E-state index is 11.0. The van der Waals surface area contributed by atoms with Crippen LogP contribution in [0.25, 0.3) is 0 Å². The Hall–Kier alpha value is -0.750. The largest absolute Gasteiger partial charge is 0.741 e. The number of rotatable bonds is 2. The van der Waals surface area contributed by atoms with Crippen molar-refractivity contribution in [1.82, 2.24) is 0 Å². The molecule has 0 aliphatic heterocycles. The summed E-state index contributed by atoms with van der Waals surface area (Å²) in [6, 6.07) is 0. The molecule has 0 fully saturated rings. The highest BCUT2D eigenvalue weighted by Crippen LogP contribution is 2.20. The Balaban J connectivity index is 0. The molecule has 0 bridgehead atoms. The van der Waals surface area contributed by atoms with Gasteiger partial charge in [-0.3, -0.25) is 4.48 Å². The van der Waals surface area contributed by atoms with E-state index >= 15 is 0 Å². The normalized spacial score (nSPS) is 14.5. The first-order chi connectivity index (χ1) is 7.64. The first-order valence-electron chi connectivity index (χ1n) is 4.31. The molecule has 0 aliphatic rings. The average Bonchev–Trinajstić information content (AvgIpc) is 2.11. The zero-order valence-corrected chi connectivity index (χ0v) is 10.6. The highest BCUT2D eigenvalue weighted by Gasteiger charge is 2.36. The van der Waals surface area contributed by atoms with Crippen LogP contribution in [0, 0.1) is 0 Å². The predicted octanol–water partition coefficient (Wildman–Crippen LogP) is -1.38. The summed E-state index contributed by atoms with van der Waals surface area (Å²) in [7, 11) is -1.17. The number of nitrogens with zero attached hydrogens (tertiary/aromatic N) is 1. The Morgan fingerprint density at radius 2 is 1.61 bits per heavy atom. The van der Waals surface area contributed by atoms with Crippen molar-refractivity contribution in [1.29, 1.82) is 0 Å². The molecule has 110 valence electrons. The van der Waals surface area contributed by atoms with Gasteiger partial charge in [0.2, 0.25) is 0 Å². The van der Waals surface area contributed by atoms with Gasteiger partial charge in [0.25, 0.3) is 0 Å². The number of aliphatic hydroxyl groups is 2. The van der Waals surface area contributed by atoms with E-state index < -0.39 is 28.3 Å². The van der Waals surface area contributed by atoms with Gasteiger partial charge in [-0.25, -0.2) is 13.2 Å². The maximum Gasteiger partial charge on any atom is 0.485 e. The van der Waals surface area contributed by atoms with Crippen LogP contribution in [-0.2, 0) is 14.9 Å². The van der Waals surface area contributed by atoms with Crippen molar-refractivity contribution in [2.75, 3.05) is 27.7 Å². The van der Waals surface area contributed by atoms with Crippen molar-refractivity contribution >= 4 is 16.0 Å². The van der Waals surface area contributed by atoms with Crippen molar-refractivity contribution in [3.63, 3.8) is 0 Å². The lowest BCUT2D eigenvalue weighted by molar-refractivity contribution is -0.794. The van der Waals surface area contributed by atoms with Gasteiger partial charge in [0.05, 0.1) is 27.7 Å². The standard InChI is InChI=1S/C6H14NO3.CHF3O3S/c1-7(2,3)6(10)5(9)4-8;2-1(3,4)8(5,6)7/h5,8-9H,4H2,1-3H3;(H,5,6,7)/q+1;/p-1. The molecule has 0 heterocycles. The minimum absolute atomic E-state index is 0.0295. The fraction of sp³-hybridized carbons (Fsp3) is 0.857. The van der Waals surface area contributed by atoms with E-state index in [9.17, 15) is 18.0 Å². The maximum atomic E-state index is 11.0. The van der Waals surface area contributed by atoms with E-state index in [2.05, 4.69) is 0 Å². The Morgan fingerprint density at radius 1 is 1.33 bits per heavy atom. The molecule has 0 radical (unpaired) electrons. The highest BCUT2D eigenvalue weighted by molar-refractivity contribution is 7.86. The molecule has 0 saturated carbocycles. The van der Waals surface area contributed by atoms with Crippen molar-refractivity contribution in [3.05, 3.63) is 0 Å².